The lowest BCUT2D eigenvalue weighted by atomic mass is 9.85. The van der Waals surface area contributed by atoms with Gasteiger partial charge in [-0.3, -0.25) is 0 Å². The van der Waals surface area contributed by atoms with Crippen LogP contribution in [-0.2, 0) is 25.7 Å². The summed E-state index contributed by atoms with van der Waals surface area (Å²) in [4.78, 5) is 0. The van der Waals surface area contributed by atoms with E-state index in [2.05, 4.69) is 27.7 Å². The Balaban J connectivity index is 3.41. The van der Waals surface area contributed by atoms with Crippen molar-refractivity contribution in [1.29, 1.82) is 0 Å². The van der Waals surface area contributed by atoms with Gasteiger partial charge in [-0.25, -0.2) is 0 Å². The molecular formula is C22H40N2. The second kappa shape index (κ2) is 11.4. The van der Waals surface area contributed by atoms with Crippen molar-refractivity contribution in [2.24, 2.45) is 0 Å². The van der Waals surface area contributed by atoms with E-state index in [1.165, 1.54) is 73.6 Å². The Bertz CT molecular complexity index is 456. The summed E-state index contributed by atoms with van der Waals surface area (Å²) < 4.78 is 0. The van der Waals surface area contributed by atoms with Crippen LogP contribution in [-0.4, -0.2) is 0 Å². The first-order chi connectivity index (χ1) is 11.6. The second-order valence-electron chi connectivity index (χ2n) is 7.16. The van der Waals surface area contributed by atoms with Crippen LogP contribution in [0.1, 0.15) is 101 Å². The number of unbranched alkanes of at least 4 members (excludes halogenated alkanes) is 4. The van der Waals surface area contributed by atoms with Gasteiger partial charge < -0.3 is 11.5 Å². The highest BCUT2D eigenvalue weighted by Gasteiger charge is 2.19. The van der Waals surface area contributed by atoms with Crippen molar-refractivity contribution < 1.29 is 0 Å². The van der Waals surface area contributed by atoms with Gasteiger partial charge in [-0.15, -0.1) is 0 Å². The molecular weight excluding hydrogens is 292 g/mol. The summed E-state index contributed by atoms with van der Waals surface area (Å²) in [6.07, 6.45) is 14.0. The van der Waals surface area contributed by atoms with Gasteiger partial charge in [-0.1, -0.05) is 53.4 Å². The van der Waals surface area contributed by atoms with Gasteiger partial charge in [0.25, 0.3) is 0 Å². The largest absolute Gasteiger partial charge is 0.398 e. The molecule has 0 unspecified atom stereocenters. The number of hydrogen-bond donors (Lipinski definition) is 2. The molecule has 4 N–H and O–H groups in total. The summed E-state index contributed by atoms with van der Waals surface area (Å²) in [5, 5.41) is 0. The van der Waals surface area contributed by atoms with E-state index in [4.69, 9.17) is 11.5 Å². The van der Waals surface area contributed by atoms with E-state index in [1.807, 2.05) is 0 Å². The molecule has 0 amide bonds. The SMILES string of the molecule is CCCCc1c(N)c(CCCC)c(CCCC)c(CCCC)c1N. The van der Waals surface area contributed by atoms with Crippen LogP contribution in [0.2, 0.25) is 0 Å². The zero-order valence-corrected chi connectivity index (χ0v) is 16.6. The molecule has 0 aliphatic rings. The van der Waals surface area contributed by atoms with Gasteiger partial charge in [-0.05, 0) is 73.6 Å². The van der Waals surface area contributed by atoms with Crippen molar-refractivity contribution in [3.63, 3.8) is 0 Å². The van der Waals surface area contributed by atoms with Crippen molar-refractivity contribution in [2.75, 3.05) is 11.5 Å². The van der Waals surface area contributed by atoms with E-state index >= 15 is 0 Å². The highest BCUT2D eigenvalue weighted by Crippen LogP contribution is 2.36. The molecule has 1 aromatic rings. The Hall–Kier alpha value is -1.18. The lowest BCUT2D eigenvalue weighted by Gasteiger charge is -2.24. The molecule has 24 heavy (non-hydrogen) atoms. The first-order valence-corrected chi connectivity index (χ1v) is 10.3. The van der Waals surface area contributed by atoms with E-state index in [0.717, 1.165) is 37.1 Å². The van der Waals surface area contributed by atoms with Crippen LogP contribution < -0.4 is 11.5 Å². The Morgan fingerprint density at radius 3 is 1.08 bits per heavy atom. The molecule has 1 aromatic carbocycles. The van der Waals surface area contributed by atoms with Gasteiger partial charge in [0.1, 0.15) is 0 Å². The van der Waals surface area contributed by atoms with E-state index in [9.17, 15) is 0 Å². The number of rotatable bonds is 12. The van der Waals surface area contributed by atoms with Crippen molar-refractivity contribution in [3.05, 3.63) is 22.3 Å². The summed E-state index contributed by atoms with van der Waals surface area (Å²) in [7, 11) is 0. The van der Waals surface area contributed by atoms with Gasteiger partial charge in [0.2, 0.25) is 0 Å². The highest BCUT2D eigenvalue weighted by molar-refractivity contribution is 5.72. The minimum Gasteiger partial charge on any atom is -0.398 e. The number of nitrogen functional groups attached to an aromatic ring is 2. The van der Waals surface area contributed by atoms with Gasteiger partial charge in [0, 0.05) is 11.4 Å². The molecule has 0 spiro atoms. The normalized spacial score (nSPS) is 11.2. The zero-order chi connectivity index (χ0) is 17.9. The molecule has 2 heteroatoms. The Morgan fingerprint density at radius 1 is 0.458 bits per heavy atom. The average molecular weight is 333 g/mol. The molecule has 2 nitrogen and oxygen atoms in total. The number of anilines is 2. The third-order valence-corrected chi connectivity index (χ3v) is 5.15. The summed E-state index contributed by atoms with van der Waals surface area (Å²) >= 11 is 0. The number of hydrogen-bond acceptors (Lipinski definition) is 2. The molecule has 1 rings (SSSR count). The molecule has 138 valence electrons. The third kappa shape index (κ3) is 5.43. The monoisotopic (exact) mass is 332 g/mol. The van der Waals surface area contributed by atoms with E-state index in [-0.39, 0.29) is 0 Å². The molecule has 0 aliphatic carbocycles. The zero-order valence-electron chi connectivity index (χ0n) is 16.6. The van der Waals surface area contributed by atoms with Crippen molar-refractivity contribution >= 4 is 11.4 Å². The van der Waals surface area contributed by atoms with Gasteiger partial charge in [0.05, 0.1) is 0 Å². The van der Waals surface area contributed by atoms with Crippen LogP contribution in [0.3, 0.4) is 0 Å². The maximum Gasteiger partial charge on any atom is 0.0402 e. The standard InChI is InChI=1S/C22H40N2/c1-5-9-13-17-18(14-10-6-2)21(23)20(16-12-8-4)22(24)19(17)15-11-7-3/h5-16,23-24H2,1-4H3. The van der Waals surface area contributed by atoms with E-state index in [0.29, 0.717) is 0 Å². The summed E-state index contributed by atoms with van der Waals surface area (Å²) in [5.41, 5.74) is 20.9. The maximum absolute atomic E-state index is 6.66. The fraction of sp³-hybridized carbons (Fsp3) is 0.727. The van der Waals surface area contributed by atoms with Crippen LogP contribution in [0.15, 0.2) is 0 Å². The van der Waals surface area contributed by atoms with Crippen LogP contribution in [0, 0.1) is 0 Å². The quantitative estimate of drug-likeness (QED) is 0.446. The van der Waals surface area contributed by atoms with Crippen molar-refractivity contribution in [2.45, 2.75) is 105 Å². The van der Waals surface area contributed by atoms with E-state index < -0.39 is 0 Å². The lowest BCUT2D eigenvalue weighted by Crippen LogP contribution is -2.13. The predicted octanol–water partition coefficient (Wildman–Crippen LogP) is 6.22. The second-order valence-corrected chi connectivity index (χ2v) is 7.16. The van der Waals surface area contributed by atoms with Crippen LogP contribution in [0.5, 0.6) is 0 Å². The first kappa shape index (κ1) is 20.9. The Labute approximate surface area is 150 Å². The summed E-state index contributed by atoms with van der Waals surface area (Å²) in [6.45, 7) is 9.02. The fourth-order valence-corrected chi connectivity index (χ4v) is 3.57. The highest BCUT2D eigenvalue weighted by atomic mass is 14.6. The maximum atomic E-state index is 6.66. The fourth-order valence-electron chi connectivity index (χ4n) is 3.57. The minimum atomic E-state index is 1.01. The summed E-state index contributed by atoms with van der Waals surface area (Å²) in [6, 6.07) is 0. The lowest BCUT2D eigenvalue weighted by molar-refractivity contribution is 0.732. The van der Waals surface area contributed by atoms with Crippen molar-refractivity contribution in [1.82, 2.24) is 0 Å². The smallest absolute Gasteiger partial charge is 0.0402 e. The van der Waals surface area contributed by atoms with Crippen LogP contribution >= 0.6 is 0 Å². The minimum absolute atomic E-state index is 1.01. The van der Waals surface area contributed by atoms with Crippen molar-refractivity contribution in [3.8, 4) is 0 Å². The molecule has 0 heterocycles. The molecule has 0 radical (unpaired) electrons. The number of benzene rings is 1. The topological polar surface area (TPSA) is 52.0 Å². The Kier molecular flexibility index (Phi) is 9.90. The molecule has 0 aliphatic heterocycles. The van der Waals surface area contributed by atoms with Gasteiger partial charge >= 0.3 is 0 Å². The third-order valence-electron chi connectivity index (χ3n) is 5.15. The first-order valence-electron chi connectivity index (χ1n) is 10.3. The Morgan fingerprint density at radius 2 is 0.750 bits per heavy atom. The summed E-state index contributed by atoms with van der Waals surface area (Å²) in [5.74, 6) is 0. The van der Waals surface area contributed by atoms with E-state index in [1.54, 1.807) is 0 Å². The van der Waals surface area contributed by atoms with Gasteiger partial charge in [-0.2, -0.15) is 0 Å². The molecule has 0 atom stereocenters. The van der Waals surface area contributed by atoms with Crippen LogP contribution in [0.4, 0.5) is 11.4 Å². The molecule has 0 aromatic heterocycles. The molecule has 0 fully saturated rings. The number of nitrogens with two attached hydrogens (primary N) is 2. The molecule has 0 saturated heterocycles. The molecule has 0 saturated carbocycles. The van der Waals surface area contributed by atoms with Crippen LogP contribution in [0.25, 0.3) is 0 Å². The predicted molar refractivity (Wildman–Crippen MR) is 110 cm³/mol. The average Bonchev–Trinajstić information content (AvgIpc) is 2.58. The van der Waals surface area contributed by atoms with Gasteiger partial charge in [0.15, 0.2) is 0 Å². The molecule has 0 bridgehead atoms.